The van der Waals surface area contributed by atoms with E-state index in [1.165, 1.54) is 0 Å². The number of aryl methyl sites for hydroxylation is 1. The molecule has 0 aliphatic heterocycles. The molecule has 0 amide bonds. The number of likely N-dealkylation sites (N-methyl/N-ethyl adjacent to an activating group) is 1. The van der Waals surface area contributed by atoms with Gasteiger partial charge in [-0.05, 0) is 26.5 Å². The Hall–Kier alpha value is -1.33. The number of rotatable bonds is 7. The Labute approximate surface area is 107 Å². The zero-order valence-corrected chi connectivity index (χ0v) is 11.4. The first-order valence-electron chi connectivity index (χ1n) is 6.05. The second-order valence-corrected chi connectivity index (χ2v) is 4.40. The third-order valence-electron chi connectivity index (χ3n) is 2.96. The van der Waals surface area contributed by atoms with Crippen molar-refractivity contribution in [1.29, 1.82) is 0 Å². The van der Waals surface area contributed by atoms with Crippen LogP contribution in [0.2, 0.25) is 0 Å². The smallest absolute Gasteiger partial charge is 0.372 e. The van der Waals surface area contributed by atoms with Gasteiger partial charge in [0.2, 0.25) is 5.76 Å². The van der Waals surface area contributed by atoms with Crippen molar-refractivity contribution in [3.63, 3.8) is 0 Å². The Bertz CT molecular complexity index is 400. The maximum Gasteiger partial charge on any atom is 0.372 e. The Morgan fingerprint density at radius 2 is 2.28 bits per heavy atom. The van der Waals surface area contributed by atoms with E-state index in [2.05, 4.69) is 18.7 Å². The molecule has 1 aromatic heterocycles. The van der Waals surface area contributed by atoms with E-state index < -0.39 is 5.97 Å². The fraction of sp³-hybridized carbons (Fsp3) is 0.615. The van der Waals surface area contributed by atoms with Crippen molar-refractivity contribution in [3.8, 4) is 0 Å². The van der Waals surface area contributed by atoms with E-state index in [1.807, 2.05) is 0 Å². The number of nitrogens with zero attached hydrogens (tertiary/aromatic N) is 1. The largest absolute Gasteiger partial charge is 0.475 e. The normalized spacial score (nSPS) is 12.9. The Morgan fingerprint density at radius 1 is 1.61 bits per heavy atom. The van der Waals surface area contributed by atoms with Crippen LogP contribution in [0.3, 0.4) is 0 Å². The van der Waals surface area contributed by atoms with E-state index in [9.17, 15) is 4.79 Å². The molecule has 102 valence electrons. The van der Waals surface area contributed by atoms with Gasteiger partial charge in [-0.3, -0.25) is 4.90 Å². The molecule has 5 heteroatoms. The molecule has 1 aromatic rings. The molecular weight excluding hydrogens is 234 g/mol. The number of carbonyl (C=O) groups is 1. The molecule has 18 heavy (non-hydrogen) atoms. The number of furan rings is 1. The standard InChI is InChI=1S/C13H21NO4/c1-5-14(10(3)8-17-4)7-11-6-9(2)12(18-11)13(15)16/h6,10H,5,7-8H2,1-4H3,(H,15,16). The second-order valence-electron chi connectivity index (χ2n) is 4.40. The fourth-order valence-corrected chi connectivity index (χ4v) is 1.96. The Morgan fingerprint density at radius 3 is 2.72 bits per heavy atom. The summed E-state index contributed by atoms with van der Waals surface area (Å²) in [5.74, 6) is -0.318. The molecule has 0 saturated heterocycles. The van der Waals surface area contributed by atoms with Crippen molar-refractivity contribution in [1.82, 2.24) is 4.90 Å². The van der Waals surface area contributed by atoms with Crippen LogP contribution in [0.25, 0.3) is 0 Å². The van der Waals surface area contributed by atoms with E-state index in [0.29, 0.717) is 24.5 Å². The zero-order valence-electron chi connectivity index (χ0n) is 11.4. The van der Waals surface area contributed by atoms with Gasteiger partial charge in [0, 0.05) is 18.7 Å². The summed E-state index contributed by atoms with van der Waals surface area (Å²) in [6, 6.07) is 2.05. The molecule has 0 spiro atoms. The molecular formula is C13H21NO4. The van der Waals surface area contributed by atoms with Crippen molar-refractivity contribution < 1.29 is 19.1 Å². The summed E-state index contributed by atoms with van der Waals surface area (Å²) in [5, 5.41) is 8.94. The summed E-state index contributed by atoms with van der Waals surface area (Å²) >= 11 is 0. The number of ether oxygens (including phenoxy) is 1. The topological polar surface area (TPSA) is 62.9 Å². The van der Waals surface area contributed by atoms with E-state index in [4.69, 9.17) is 14.3 Å². The predicted octanol–water partition coefficient (Wildman–Crippen LogP) is 2.14. The minimum atomic E-state index is -1.02. The summed E-state index contributed by atoms with van der Waals surface area (Å²) in [6.45, 7) is 7.95. The molecule has 1 unspecified atom stereocenters. The molecule has 5 nitrogen and oxygen atoms in total. The van der Waals surface area contributed by atoms with E-state index in [-0.39, 0.29) is 11.8 Å². The summed E-state index contributed by atoms with van der Waals surface area (Å²) in [4.78, 5) is 13.1. The van der Waals surface area contributed by atoms with Gasteiger partial charge in [-0.1, -0.05) is 6.92 Å². The van der Waals surface area contributed by atoms with Crippen LogP contribution in [0.4, 0.5) is 0 Å². The lowest BCUT2D eigenvalue weighted by Gasteiger charge is -2.26. The average molecular weight is 255 g/mol. The number of hydrogen-bond donors (Lipinski definition) is 1. The zero-order chi connectivity index (χ0) is 13.7. The number of methoxy groups -OCH3 is 1. The van der Waals surface area contributed by atoms with E-state index in [0.717, 1.165) is 6.54 Å². The van der Waals surface area contributed by atoms with Crippen LogP contribution in [0.5, 0.6) is 0 Å². The molecule has 0 bridgehead atoms. The summed E-state index contributed by atoms with van der Waals surface area (Å²) < 4.78 is 10.5. The van der Waals surface area contributed by atoms with Crippen LogP contribution >= 0.6 is 0 Å². The van der Waals surface area contributed by atoms with Gasteiger partial charge in [-0.15, -0.1) is 0 Å². The third-order valence-corrected chi connectivity index (χ3v) is 2.96. The predicted molar refractivity (Wildman–Crippen MR) is 67.8 cm³/mol. The van der Waals surface area contributed by atoms with Crippen molar-refractivity contribution in [2.75, 3.05) is 20.3 Å². The molecule has 0 aliphatic rings. The van der Waals surface area contributed by atoms with Gasteiger partial charge in [0.25, 0.3) is 0 Å². The molecule has 1 rings (SSSR count). The van der Waals surface area contributed by atoms with Crippen LogP contribution < -0.4 is 0 Å². The molecule has 0 aliphatic carbocycles. The molecule has 1 heterocycles. The molecule has 0 aromatic carbocycles. The van der Waals surface area contributed by atoms with Crippen molar-refractivity contribution in [2.45, 2.75) is 33.4 Å². The summed E-state index contributed by atoms with van der Waals surface area (Å²) in [7, 11) is 1.67. The summed E-state index contributed by atoms with van der Waals surface area (Å²) in [5.41, 5.74) is 0.660. The Kier molecular flexibility index (Phi) is 5.37. The minimum absolute atomic E-state index is 0.0282. The maximum atomic E-state index is 10.9. The van der Waals surface area contributed by atoms with Crippen LogP contribution in [0, 0.1) is 6.92 Å². The van der Waals surface area contributed by atoms with Gasteiger partial charge in [-0.25, -0.2) is 4.79 Å². The van der Waals surface area contributed by atoms with Gasteiger partial charge in [0.1, 0.15) is 5.76 Å². The maximum absolute atomic E-state index is 10.9. The third kappa shape index (κ3) is 3.58. The van der Waals surface area contributed by atoms with E-state index >= 15 is 0 Å². The average Bonchev–Trinajstić information content (AvgIpc) is 2.67. The highest BCUT2D eigenvalue weighted by Gasteiger charge is 2.18. The van der Waals surface area contributed by atoms with Gasteiger partial charge >= 0.3 is 5.97 Å². The highest BCUT2D eigenvalue weighted by atomic mass is 16.5. The lowest BCUT2D eigenvalue weighted by atomic mass is 10.2. The SMILES string of the molecule is CCN(Cc1cc(C)c(C(=O)O)o1)C(C)COC. The van der Waals surface area contributed by atoms with Gasteiger partial charge in [0.15, 0.2) is 0 Å². The lowest BCUT2D eigenvalue weighted by Crippen LogP contribution is -2.35. The first-order chi connectivity index (χ1) is 8.49. The highest BCUT2D eigenvalue weighted by Crippen LogP contribution is 2.17. The minimum Gasteiger partial charge on any atom is -0.475 e. The molecule has 1 N–H and O–H groups in total. The van der Waals surface area contributed by atoms with Gasteiger partial charge < -0.3 is 14.3 Å². The number of hydrogen-bond acceptors (Lipinski definition) is 4. The number of carboxylic acids is 1. The highest BCUT2D eigenvalue weighted by molar-refractivity contribution is 5.86. The first kappa shape index (κ1) is 14.7. The molecule has 0 radical (unpaired) electrons. The monoisotopic (exact) mass is 255 g/mol. The van der Waals surface area contributed by atoms with Crippen molar-refractivity contribution in [3.05, 3.63) is 23.2 Å². The van der Waals surface area contributed by atoms with Crippen LogP contribution in [0.15, 0.2) is 10.5 Å². The van der Waals surface area contributed by atoms with Gasteiger partial charge in [-0.2, -0.15) is 0 Å². The molecule has 1 atom stereocenters. The van der Waals surface area contributed by atoms with Crippen LogP contribution in [-0.4, -0.2) is 42.3 Å². The fourth-order valence-electron chi connectivity index (χ4n) is 1.96. The van der Waals surface area contributed by atoms with Crippen molar-refractivity contribution >= 4 is 5.97 Å². The summed E-state index contributed by atoms with van der Waals surface area (Å²) in [6.07, 6.45) is 0. The first-order valence-corrected chi connectivity index (χ1v) is 6.05. The molecule has 0 fully saturated rings. The quantitative estimate of drug-likeness (QED) is 0.808. The molecule has 0 saturated carbocycles. The second kappa shape index (κ2) is 6.56. The number of carboxylic acid groups (broad SMARTS) is 1. The number of aromatic carboxylic acids is 1. The van der Waals surface area contributed by atoms with Gasteiger partial charge in [0.05, 0.1) is 13.2 Å². The van der Waals surface area contributed by atoms with Crippen LogP contribution in [-0.2, 0) is 11.3 Å². The Balaban J connectivity index is 2.76. The lowest BCUT2D eigenvalue weighted by molar-refractivity contribution is 0.0651. The van der Waals surface area contributed by atoms with Crippen LogP contribution in [0.1, 0.15) is 35.7 Å². The van der Waals surface area contributed by atoms with E-state index in [1.54, 1.807) is 20.1 Å². The van der Waals surface area contributed by atoms with Crippen molar-refractivity contribution in [2.24, 2.45) is 0 Å².